The summed E-state index contributed by atoms with van der Waals surface area (Å²) in [6.07, 6.45) is 3.46. The maximum absolute atomic E-state index is 12.5. The molecular weight excluding hydrogens is 394 g/mol. The van der Waals surface area contributed by atoms with Gasteiger partial charge in [-0.25, -0.2) is 0 Å². The van der Waals surface area contributed by atoms with Gasteiger partial charge in [-0.1, -0.05) is 18.2 Å². The molecular formula is C24H25N3O4. The molecule has 0 radical (unpaired) electrons. The predicted octanol–water partition coefficient (Wildman–Crippen LogP) is 3.55. The molecule has 2 aromatic carbocycles. The number of methoxy groups -OCH3 is 1. The molecule has 2 amide bonds. The van der Waals surface area contributed by atoms with Crippen LogP contribution in [0.5, 0.6) is 11.5 Å². The topological polar surface area (TPSA) is 91.7 Å². The van der Waals surface area contributed by atoms with E-state index in [1.165, 1.54) is 13.2 Å². The van der Waals surface area contributed by atoms with Gasteiger partial charge in [-0.2, -0.15) is 5.26 Å². The Hall–Kier alpha value is -3.79. The number of hydrogen-bond donors (Lipinski definition) is 1. The van der Waals surface area contributed by atoms with E-state index in [4.69, 9.17) is 9.47 Å². The molecule has 1 heterocycles. The molecule has 0 atom stereocenters. The van der Waals surface area contributed by atoms with Crippen molar-refractivity contribution in [3.63, 3.8) is 0 Å². The van der Waals surface area contributed by atoms with Crippen molar-refractivity contribution in [3.05, 3.63) is 59.2 Å². The second-order valence-electron chi connectivity index (χ2n) is 7.29. The van der Waals surface area contributed by atoms with Crippen molar-refractivity contribution in [1.82, 2.24) is 4.90 Å². The van der Waals surface area contributed by atoms with E-state index in [1.54, 1.807) is 23.1 Å². The van der Waals surface area contributed by atoms with Crippen molar-refractivity contribution in [2.75, 3.05) is 32.1 Å². The number of hydrogen-bond acceptors (Lipinski definition) is 5. The zero-order chi connectivity index (χ0) is 22.2. The number of carbonyl (C=O) groups is 2. The molecule has 1 aliphatic rings. The van der Waals surface area contributed by atoms with Crippen LogP contribution in [0, 0.1) is 18.3 Å². The molecule has 7 nitrogen and oxygen atoms in total. The Balaban J connectivity index is 1.67. The lowest BCUT2D eigenvalue weighted by atomic mass is 10.1. The second-order valence-corrected chi connectivity index (χ2v) is 7.29. The third-order valence-corrected chi connectivity index (χ3v) is 4.90. The van der Waals surface area contributed by atoms with E-state index in [-0.39, 0.29) is 24.0 Å². The molecule has 2 aromatic rings. The van der Waals surface area contributed by atoms with Gasteiger partial charge in [-0.3, -0.25) is 9.59 Å². The molecule has 7 heteroatoms. The van der Waals surface area contributed by atoms with Gasteiger partial charge in [0.2, 0.25) is 0 Å². The Labute approximate surface area is 181 Å². The number of nitrogens with zero attached hydrogens (tertiary/aromatic N) is 2. The number of benzene rings is 2. The summed E-state index contributed by atoms with van der Waals surface area (Å²) in [6, 6.07) is 14.5. The van der Waals surface area contributed by atoms with Crippen molar-refractivity contribution < 1.29 is 19.1 Å². The van der Waals surface area contributed by atoms with Crippen LogP contribution in [0.4, 0.5) is 5.69 Å². The molecule has 0 aliphatic carbocycles. The second kappa shape index (κ2) is 10.3. The monoisotopic (exact) mass is 419 g/mol. The highest BCUT2D eigenvalue weighted by Crippen LogP contribution is 2.29. The zero-order valence-corrected chi connectivity index (χ0v) is 17.7. The smallest absolute Gasteiger partial charge is 0.264 e. The molecule has 160 valence electrons. The summed E-state index contributed by atoms with van der Waals surface area (Å²) < 4.78 is 11.0. The standard InChI is InChI=1S/C24H25N3O4/c1-17-6-5-7-20(12-17)26-23(28)16-31-21-9-8-18(14-22(21)30-2)13-19(15-25)24(29)27-10-3-4-11-27/h5-9,12-14H,3-4,10-11,16H2,1-2H3,(H,26,28)/b19-13+. The number of rotatable bonds is 7. The number of ether oxygens (including phenoxy) is 2. The van der Waals surface area contributed by atoms with Crippen molar-refractivity contribution in [1.29, 1.82) is 5.26 Å². The van der Waals surface area contributed by atoms with Crippen LogP contribution in [0.1, 0.15) is 24.0 Å². The summed E-state index contributed by atoms with van der Waals surface area (Å²) in [5.74, 6) is 0.248. The lowest BCUT2D eigenvalue weighted by Gasteiger charge is -2.14. The SMILES string of the molecule is COc1cc(/C=C(\C#N)C(=O)N2CCCC2)ccc1OCC(=O)Nc1cccc(C)c1. The van der Waals surface area contributed by atoms with Crippen LogP contribution >= 0.6 is 0 Å². The third kappa shape index (κ3) is 5.86. The Bertz CT molecular complexity index is 1030. The van der Waals surface area contributed by atoms with Crippen LogP contribution in [0.3, 0.4) is 0 Å². The first kappa shape index (κ1) is 21.9. The van der Waals surface area contributed by atoms with Crippen LogP contribution in [-0.2, 0) is 9.59 Å². The maximum atomic E-state index is 12.5. The Kier molecular flexibility index (Phi) is 7.28. The molecule has 0 aromatic heterocycles. The van der Waals surface area contributed by atoms with E-state index in [1.807, 2.05) is 37.3 Å². The molecule has 1 saturated heterocycles. The first-order chi connectivity index (χ1) is 15.0. The Morgan fingerprint density at radius 3 is 2.61 bits per heavy atom. The van der Waals surface area contributed by atoms with Crippen LogP contribution in [0.25, 0.3) is 6.08 Å². The van der Waals surface area contributed by atoms with Crippen LogP contribution < -0.4 is 14.8 Å². The largest absolute Gasteiger partial charge is 0.493 e. The van der Waals surface area contributed by atoms with E-state index in [0.29, 0.717) is 35.8 Å². The Morgan fingerprint density at radius 2 is 1.94 bits per heavy atom. The fourth-order valence-corrected chi connectivity index (χ4v) is 3.36. The third-order valence-electron chi connectivity index (χ3n) is 4.90. The highest BCUT2D eigenvalue weighted by Gasteiger charge is 2.21. The number of carbonyl (C=O) groups excluding carboxylic acids is 2. The van der Waals surface area contributed by atoms with Gasteiger partial charge in [0, 0.05) is 18.8 Å². The number of anilines is 1. The van der Waals surface area contributed by atoms with Gasteiger partial charge >= 0.3 is 0 Å². The number of aryl methyl sites for hydroxylation is 1. The van der Waals surface area contributed by atoms with E-state index >= 15 is 0 Å². The summed E-state index contributed by atoms with van der Waals surface area (Å²) >= 11 is 0. The summed E-state index contributed by atoms with van der Waals surface area (Å²) in [4.78, 5) is 26.4. The van der Waals surface area contributed by atoms with E-state index in [2.05, 4.69) is 5.32 Å². The normalized spacial score (nSPS) is 13.5. The molecule has 0 unspecified atom stereocenters. The van der Waals surface area contributed by atoms with Gasteiger partial charge in [0.25, 0.3) is 11.8 Å². The first-order valence-corrected chi connectivity index (χ1v) is 10.1. The number of nitrogens with one attached hydrogen (secondary N) is 1. The highest BCUT2D eigenvalue weighted by atomic mass is 16.5. The van der Waals surface area contributed by atoms with Gasteiger partial charge in [0.05, 0.1) is 7.11 Å². The van der Waals surface area contributed by atoms with Crippen molar-refractivity contribution in [2.45, 2.75) is 19.8 Å². The van der Waals surface area contributed by atoms with Gasteiger partial charge in [0.15, 0.2) is 18.1 Å². The molecule has 3 rings (SSSR count). The molecule has 1 aliphatic heterocycles. The minimum atomic E-state index is -0.292. The van der Waals surface area contributed by atoms with E-state index < -0.39 is 0 Å². The van der Waals surface area contributed by atoms with Crippen LogP contribution in [-0.4, -0.2) is 43.5 Å². The number of nitriles is 1. The lowest BCUT2D eigenvalue weighted by Crippen LogP contribution is -2.28. The quantitative estimate of drug-likeness (QED) is 0.547. The van der Waals surface area contributed by atoms with E-state index in [0.717, 1.165) is 18.4 Å². The van der Waals surface area contributed by atoms with Gasteiger partial charge in [-0.05, 0) is 61.2 Å². The van der Waals surface area contributed by atoms with Crippen molar-refractivity contribution in [3.8, 4) is 17.6 Å². The highest BCUT2D eigenvalue weighted by molar-refractivity contribution is 6.01. The average molecular weight is 419 g/mol. The fourth-order valence-electron chi connectivity index (χ4n) is 3.36. The van der Waals surface area contributed by atoms with Gasteiger partial charge < -0.3 is 19.7 Å². The fraction of sp³-hybridized carbons (Fsp3) is 0.292. The summed E-state index contributed by atoms with van der Waals surface area (Å²) in [6.45, 7) is 3.12. The predicted molar refractivity (Wildman–Crippen MR) is 118 cm³/mol. The molecule has 31 heavy (non-hydrogen) atoms. The maximum Gasteiger partial charge on any atom is 0.264 e. The number of amides is 2. The summed E-state index contributed by atoms with van der Waals surface area (Å²) in [5.41, 5.74) is 2.46. The van der Waals surface area contributed by atoms with Gasteiger partial charge in [-0.15, -0.1) is 0 Å². The Morgan fingerprint density at radius 1 is 1.16 bits per heavy atom. The molecule has 0 spiro atoms. The van der Waals surface area contributed by atoms with E-state index in [9.17, 15) is 14.9 Å². The molecule has 1 fully saturated rings. The zero-order valence-electron chi connectivity index (χ0n) is 17.7. The average Bonchev–Trinajstić information content (AvgIpc) is 3.31. The number of likely N-dealkylation sites (tertiary alicyclic amines) is 1. The molecule has 0 bridgehead atoms. The van der Waals surface area contributed by atoms with Gasteiger partial charge in [0.1, 0.15) is 11.6 Å². The van der Waals surface area contributed by atoms with Crippen molar-refractivity contribution >= 4 is 23.6 Å². The van der Waals surface area contributed by atoms with Crippen molar-refractivity contribution in [2.24, 2.45) is 0 Å². The molecule has 0 saturated carbocycles. The lowest BCUT2D eigenvalue weighted by molar-refractivity contribution is -0.125. The minimum absolute atomic E-state index is 0.0788. The summed E-state index contributed by atoms with van der Waals surface area (Å²) in [7, 11) is 1.49. The minimum Gasteiger partial charge on any atom is -0.493 e. The first-order valence-electron chi connectivity index (χ1n) is 10.1. The van der Waals surface area contributed by atoms with Crippen LogP contribution in [0.15, 0.2) is 48.0 Å². The summed E-state index contributed by atoms with van der Waals surface area (Å²) in [5, 5.41) is 12.2. The van der Waals surface area contributed by atoms with Crippen LogP contribution in [0.2, 0.25) is 0 Å². The molecule has 1 N–H and O–H groups in total.